The molecule has 0 amide bonds. The number of hydrogen-bond acceptors (Lipinski definition) is 2. The second-order valence-corrected chi connectivity index (χ2v) is 12.9. The summed E-state index contributed by atoms with van der Waals surface area (Å²) in [6, 6.07) is 0. The lowest BCUT2D eigenvalue weighted by atomic mass is 9.66. The van der Waals surface area contributed by atoms with E-state index in [-0.39, 0.29) is 12.0 Å². The summed E-state index contributed by atoms with van der Waals surface area (Å²) in [5, 5.41) is 0. The fraction of sp³-hybridized carbons (Fsp3) is 0.844. The van der Waals surface area contributed by atoms with Gasteiger partial charge in [0.1, 0.15) is 6.29 Å². The monoisotopic (exact) mass is 466 g/mol. The molecule has 5 rings (SSSR count). The highest BCUT2D eigenvalue weighted by molar-refractivity contribution is 5.55. The fourth-order valence-electron chi connectivity index (χ4n) is 8.88. The summed E-state index contributed by atoms with van der Waals surface area (Å²) in [5.41, 5.74) is 0. The minimum absolute atomic E-state index is 0.150. The third kappa shape index (κ3) is 5.91. The first-order valence-corrected chi connectivity index (χ1v) is 15.1. The minimum Gasteiger partial charge on any atom is -0.381 e. The van der Waals surface area contributed by atoms with Crippen molar-refractivity contribution in [3.05, 3.63) is 24.3 Å². The van der Waals surface area contributed by atoms with Gasteiger partial charge in [0.25, 0.3) is 0 Å². The van der Waals surface area contributed by atoms with E-state index in [1.807, 2.05) is 7.11 Å². The Morgan fingerprint density at radius 3 is 1.59 bits per heavy atom. The summed E-state index contributed by atoms with van der Waals surface area (Å²) in [4.78, 5) is 12.1. The van der Waals surface area contributed by atoms with Crippen LogP contribution in [-0.2, 0) is 9.53 Å². The van der Waals surface area contributed by atoms with Crippen LogP contribution in [0.25, 0.3) is 0 Å². The molecular formula is C32H50O2. The number of carbonyl (C=O) groups excluding carboxylic acids is 1. The van der Waals surface area contributed by atoms with Crippen molar-refractivity contribution in [1.29, 1.82) is 0 Å². The van der Waals surface area contributed by atoms with Gasteiger partial charge in [0.2, 0.25) is 0 Å². The van der Waals surface area contributed by atoms with Crippen LogP contribution in [-0.4, -0.2) is 19.5 Å². The maximum atomic E-state index is 12.1. The predicted molar refractivity (Wildman–Crippen MR) is 140 cm³/mol. The zero-order valence-electron chi connectivity index (χ0n) is 21.8. The van der Waals surface area contributed by atoms with Crippen LogP contribution in [0.4, 0.5) is 0 Å². The maximum Gasteiger partial charge on any atom is 0.123 e. The Labute approximate surface area is 209 Å². The number of aldehydes is 1. The van der Waals surface area contributed by atoms with Gasteiger partial charge in [0, 0.05) is 18.9 Å². The van der Waals surface area contributed by atoms with E-state index in [9.17, 15) is 4.79 Å². The predicted octanol–water partition coefficient (Wildman–Crippen LogP) is 8.17. The number of rotatable bonds is 6. The molecule has 2 heteroatoms. The van der Waals surface area contributed by atoms with E-state index in [4.69, 9.17) is 4.74 Å². The molecule has 0 spiro atoms. The van der Waals surface area contributed by atoms with Crippen LogP contribution in [0.2, 0.25) is 0 Å². The van der Waals surface area contributed by atoms with Crippen molar-refractivity contribution >= 4 is 6.29 Å². The quantitative estimate of drug-likeness (QED) is 0.291. The Kier molecular flexibility index (Phi) is 8.67. The summed E-state index contributed by atoms with van der Waals surface area (Å²) in [7, 11) is 1.88. The molecule has 5 aliphatic rings. The highest BCUT2D eigenvalue weighted by Crippen LogP contribution is 2.45. The third-order valence-electron chi connectivity index (χ3n) is 11.0. The van der Waals surface area contributed by atoms with Crippen molar-refractivity contribution in [2.75, 3.05) is 7.11 Å². The number of carbonyl (C=O) groups is 1. The van der Waals surface area contributed by atoms with E-state index in [2.05, 4.69) is 24.3 Å². The lowest BCUT2D eigenvalue weighted by Crippen LogP contribution is -2.36. The zero-order chi connectivity index (χ0) is 23.3. The SMILES string of the molecule is COC1CC(/C=C/C2CCC3CCCCC3C2)C(C=O)CC1/C=C/C1CCC2CCCCC2C1. The molecule has 0 heterocycles. The zero-order valence-corrected chi connectivity index (χ0v) is 21.8. The Morgan fingerprint density at radius 1 is 0.529 bits per heavy atom. The molecule has 0 aromatic heterocycles. The number of ether oxygens (including phenoxy) is 1. The average molecular weight is 467 g/mol. The number of hydrogen-bond donors (Lipinski definition) is 0. The van der Waals surface area contributed by atoms with Gasteiger partial charge >= 0.3 is 0 Å². The van der Waals surface area contributed by atoms with Gasteiger partial charge < -0.3 is 9.53 Å². The Morgan fingerprint density at radius 2 is 1.06 bits per heavy atom. The molecule has 5 aliphatic carbocycles. The minimum atomic E-state index is 0.150. The van der Waals surface area contributed by atoms with E-state index in [0.29, 0.717) is 11.8 Å². The first kappa shape index (κ1) is 24.8. The van der Waals surface area contributed by atoms with Crippen LogP contribution in [0, 0.1) is 53.3 Å². The van der Waals surface area contributed by atoms with E-state index in [0.717, 1.165) is 48.3 Å². The van der Waals surface area contributed by atoms with Crippen molar-refractivity contribution in [3.8, 4) is 0 Å². The van der Waals surface area contributed by atoms with E-state index in [1.54, 1.807) is 0 Å². The van der Waals surface area contributed by atoms with Crippen LogP contribution in [0.1, 0.15) is 103 Å². The largest absolute Gasteiger partial charge is 0.381 e. The second-order valence-electron chi connectivity index (χ2n) is 12.9. The molecule has 5 saturated carbocycles. The van der Waals surface area contributed by atoms with Gasteiger partial charge in [-0.15, -0.1) is 0 Å². The molecule has 5 fully saturated rings. The molecule has 0 N–H and O–H groups in total. The molecule has 0 aliphatic heterocycles. The summed E-state index contributed by atoms with van der Waals surface area (Å²) in [6.45, 7) is 0. The average Bonchev–Trinajstić information content (AvgIpc) is 2.90. The molecule has 0 bridgehead atoms. The van der Waals surface area contributed by atoms with Gasteiger partial charge in [-0.05, 0) is 92.8 Å². The van der Waals surface area contributed by atoms with Crippen molar-refractivity contribution in [1.82, 2.24) is 0 Å². The Hall–Kier alpha value is -0.890. The van der Waals surface area contributed by atoms with Crippen molar-refractivity contribution in [2.45, 2.75) is 109 Å². The topological polar surface area (TPSA) is 26.3 Å². The normalized spacial score (nSPS) is 45.7. The molecule has 10 atom stereocenters. The van der Waals surface area contributed by atoms with E-state index >= 15 is 0 Å². The lowest BCUT2D eigenvalue weighted by Gasteiger charge is -2.40. The maximum absolute atomic E-state index is 12.1. The van der Waals surface area contributed by atoms with Gasteiger partial charge in [0.05, 0.1) is 6.10 Å². The molecule has 0 radical (unpaired) electrons. The molecule has 34 heavy (non-hydrogen) atoms. The molecule has 0 saturated heterocycles. The van der Waals surface area contributed by atoms with Crippen LogP contribution in [0.3, 0.4) is 0 Å². The summed E-state index contributed by atoms with van der Waals surface area (Å²) in [6.07, 6.45) is 33.5. The van der Waals surface area contributed by atoms with Crippen LogP contribution < -0.4 is 0 Å². The van der Waals surface area contributed by atoms with Crippen LogP contribution in [0.5, 0.6) is 0 Å². The van der Waals surface area contributed by atoms with Gasteiger partial charge in [-0.25, -0.2) is 0 Å². The van der Waals surface area contributed by atoms with Crippen LogP contribution in [0.15, 0.2) is 24.3 Å². The summed E-state index contributed by atoms with van der Waals surface area (Å²) >= 11 is 0. The summed E-state index contributed by atoms with van der Waals surface area (Å²) in [5.74, 6) is 6.35. The smallest absolute Gasteiger partial charge is 0.123 e. The van der Waals surface area contributed by atoms with Gasteiger partial charge in [-0.2, -0.15) is 0 Å². The highest BCUT2D eigenvalue weighted by Gasteiger charge is 2.37. The third-order valence-corrected chi connectivity index (χ3v) is 11.0. The van der Waals surface area contributed by atoms with Gasteiger partial charge in [-0.3, -0.25) is 0 Å². The van der Waals surface area contributed by atoms with E-state index < -0.39 is 0 Å². The van der Waals surface area contributed by atoms with E-state index in [1.165, 1.54) is 96.2 Å². The standard InChI is InChI=1S/C32H50O2/c1-34-32-21-29(16-12-23-10-14-25-6-2-4-8-27(25)18-23)31(22-33)20-30(32)17-13-24-11-15-26-7-3-5-9-28(26)19-24/h12-13,16-17,22-32H,2-11,14-15,18-21H2,1H3/b16-12+,17-13+. The highest BCUT2D eigenvalue weighted by atomic mass is 16.5. The molecule has 10 unspecified atom stereocenters. The fourth-order valence-corrected chi connectivity index (χ4v) is 8.88. The number of methoxy groups -OCH3 is 1. The molecule has 0 aromatic carbocycles. The molecule has 190 valence electrons. The van der Waals surface area contributed by atoms with Gasteiger partial charge in [-0.1, -0.05) is 75.7 Å². The first-order valence-electron chi connectivity index (χ1n) is 15.1. The van der Waals surface area contributed by atoms with Crippen molar-refractivity contribution < 1.29 is 9.53 Å². The van der Waals surface area contributed by atoms with Crippen molar-refractivity contribution in [2.24, 2.45) is 53.3 Å². The summed E-state index contributed by atoms with van der Waals surface area (Å²) < 4.78 is 6.01. The molecular weight excluding hydrogens is 416 g/mol. The van der Waals surface area contributed by atoms with Crippen molar-refractivity contribution in [3.63, 3.8) is 0 Å². The molecule has 2 nitrogen and oxygen atoms in total. The second kappa shape index (κ2) is 11.9. The lowest BCUT2D eigenvalue weighted by molar-refractivity contribution is -0.115. The number of fused-ring (bicyclic) bond motifs is 2. The number of allylic oxidation sites excluding steroid dienone is 3. The van der Waals surface area contributed by atoms with Crippen LogP contribution >= 0.6 is 0 Å². The Bertz CT molecular complexity index is 710. The van der Waals surface area contributed by atoms with Gasteiger partial charge in [0.15, 0.2) is 0 Å². The molecule has 0 aromatic rings. The Balaban J connectivity index is 1.16. The first-order chi connectivity index (χ1) is 16.7.